The van der Waals surface area contributed by atoms with Crippen molar-refractivity contribution in [2.75, 3.05) is 22.9 Å². The summed E-state index contributed by atoms with van der Waals surface area (Å²) in [6, 6.07) is 0. The summed E-state index contributed by atoms with van der Waals surface area (Å²) in [6.45, 7) is 0. The molecule has 0 bridgehead atoms. The molecule has 0 aromatic carbocycles. The van der Waals surface area contributed by atoms with Gasteiger partial charge in [-0.1, -0.05) is 139 Å². The number of carbonyl (C=O) groups excluding carboxylic acids is 8. The Morgan fingerprint density at radius 3 is 0.459 bits per heavy atom. The maximum atomic E-state index is 10.7. The number of imidazole rings is 4. The number of nitrogen functional groups attached to an aromatic ring is 4. The van der Waals surface area contributed by atoms with Gasteiger partial charge < -0.3 is 46.3 Å². The van der Waals surface area contributed by atoms with E-state index in [-0.39, 0.29) is 31.7 Å². The Balaban J connectivity index is 0. The minimum Gasteiger partial charge on any atom is -0.872 e. The quantitative estimate of drug-likeness (QED) is 0.0599. The van der Waals surface area contributed by atoms with Crippen molar-refractivity contribution in [1.82, 2.24) is 19.9 Å². The van der Waals surface area contributed by atoms with Gasteiger partial charge in [0.15, 0.2) is 0 Å². The van der Waals surface area contributed by atoms with Crippen LogP contribution in [0, 0.1) is 0 Å². The number of aromatic amines is 8. The number of hydrogen-bond acceptors (Lipinski definition) is 20. The van der Waals surface area contributed by atoms with Crippen molar-refractivity contribution in [2.45, 2.75) is 0 Å². The molecule has 0 aliphatic heterocycles. The van der Waals surface area contributed by atoms with Crippen molar-refractivity contribution >= 4 is 163 Å². The molecule has 0 fully saturated rings. The Bertz CT molecular complexity index is 2410. The number of nitrogens with two attached hydrogens (primary N) is 4. The molecule has 0 saturated heterocycles. The topological polar surface area (TPSA) is 576 Å². The predicted octanol–water partition coefficient (Wildman–Crippen LogP) is -8.14. The molecule has 74 heavy (non-hydrogen) atoms. The largest absolute Gasteiger partial charge is 4.00 e. The maximum Gasteiger partial charge on any atom is 4.00 e. The maximum absolute atomic E-state index is 10.7. The standard InChI is InChI=1S/4C6H2Cl2O4.4C3H5N3.H2O.Zr/c4*7-1-3(9)5(11)2(8)6(12)4(1)10;4*4-3-5-1-2-6-3;;/h4*9,11H;4*1-2H,(H3,4,5,6);1H2;/q;;;;;;;;;+4/p-4. The van der Waals surface area contributed by atoms with Crippen molar-refractivity contribution in [3.8, 4) is 0 Å². The first kappa shape index (κ1) is 69.0. The van der Waals surface area contributed by atoms with Crippen molar-refractivity contribution in [1.29, 1.82) is 0 Å². The van der Waals surface area contributed by atoms with E-state index in [0.717, 1.165) is 0 Å². The minimum absolute atomic E-state index is 0. The molecule has 38 heteroatoms. The molecule has 18 N–H and O–H groups in total. The van der Waals surface area contributed by atoms with Crippen LogP contribution >= 0.6 is 92.8 Å². The molecule has 4 heterocycles. The van der Waals surface area contributed by atoms with Crippen LogP contribution in [-0.2, 0) is 64.6 Å². The van der Waals surface area contributed by atoms with Crippen LogP contribution in [0.1, 0.15) is 0 Å². The summed E-state index contributed by atoms with van der Waals surface area (Å²) in [5.41, 5.74) is 20.7. The zero-order valence-corrected chi connectivity index (χ0v) is 44.0. The molecule has 4 aliphatic rings. The summed E-state index contributed by atoms with van der Waals surface area (Å²) < 4.78 is 0. The molecule has 8 rings (SSSR count). The van der Waals surface area contributed by atoms with Gasteiger partial charge in [-0.15, -0.1) is 0 Å². The SMILES string of the molecule is Nc1[nH]cc[nH+]1.Nc1[nH]cc[nH+]1.Nc1[nH]cc[nH+]1.Nc1[nH]cc[nH+]1.O.O=C1C(=O)C(Cl)=C([O-])C([O-])=C1Cl.O=C1C(=O)C(Cl)=C([O-])C([O-])=C1Cl.O=C1C(=O)C(Cl)=C([O-])C([O-])=C1Cl.O=C1C(=O)C(Cl)=C([O-])C([O-])=C1Cl.[Zr+4]. The molecule has 0 spiro atoms. The smallest absolute Gasteiger partial charge is 0.872 e. The van der Waals surface area contributed by atoms with E-state index in [9.17, 15) is 79.2 Å². The van der Waals surface area contributed by atoms with Gasteiger partial charge in [-0.25, -0.2) is 39.9 Å². The van der Waals surface area contributed by atoms with Gasteiger partial charge in [0.2, 0.25) is 46.3 Å². The number of nitrogens with one attached hydrogen (secondary N) is 8. The summed E-state index contributed by atoms with van der Waals surface area (Å²) >= 11 is 40.6. The summed E-state index contributed by atoms with van der Waals surface area (Å²) in [4.78, 5) is 107. The van der Waals surface area contributed by atoms with E-state index in [1.54, 1.807) is 49.6 Å². The van der Waals surface area contributed by atoms with Crippen LogP contribution in [0.15, 0.2) is 136 Å². The van der Waals surface area contributed by atoms with Gasteiger partial charge >= 0.3 is 50.0 Å². The van der Waals surface area contributed by atoms with Gasteiger partial charge in [-0.3, -0.25) is 61.3 Å². The summed E-state index contributed by atoms with van der Waals surface area (Å²) in [5, 5.41) is 78.4. The molecule has 4 aromatic rings. The first-order valence-corrected chi connectivity index (χ1v) is 20.6. The number of carbonyl (C=O) groups is 8. The molecule has 0 atom stereocenters. The van der Waals surface area contributed by atoms with Gasteiger partial charge in [0.1, 0.15) is 0 Å². The number of Topliss-reactive ketones (excluding diaryl/α,β-unsaturated/α-hetero) is 8. The van der Waals surface area contributed by atoms with Crippen molar-refractivity contribution in [3.63, 3.8) is 0 Å². The van der Waals surface area contributed by atoms with Gasteiger partial charge in [0.25, 0.3) is 0 Å². The van der Waals surface area contributed by atoms with Crippen LogP contribution < -0.4 is 83.7 Å². The third-order valence-corrected chi connectivity index (χ3v) is 9.83. The van der Waals surface area contributed by atoms with Gasteiger partial charge in [0.05, 0.1) is 89.8 Å². The zero-order chi connectivity index (χ0) is 55.5. The number of hydrogen-bond donors (Lipinski definition) is 8. The second kappa shape index (κ2) is 32.1. The van der Waals surface area contributed by atoms with Crippen LogP contribution in [0.3, 0.4) is 0 Å². The molecular formula is C36H26Cl8N12O17Zr. The third-order valence-electron chi connectivity index (χ3n) is 7.08. The van der Waals surface area contributed by atoms with E-state index in [2.05, 4.69) is 39.9 Å². The minimum atomic E-state index is -1.23. The summed E-state index contributed by atoms with van der Waals surface area (Å²) in [6.07, 6.45) is 13.9. The van der Waals surface area contributed by atoms with Crippen LogP contribution in [0.4, 0.5) is 23.8 Å². The van der Waals surface area contributed by atoms with Crippen molar-refractivity contribution < 1.29 is 131 Å². The second-order valence-corrected chi connectivity index (χ2v) is 14.9. The van der Waals surface area contributed by atoms with E-state index in [4.69, 9.17) is 116 Å². The van der Waals surface area contributed by atoms with E-state index >= 15 is 0 Å². The number of anilines is 4. The monoisotopic (exact) mass is 1270 g/mol. The molecule has 392 valence electrons. The fraction of sp³-hybridized carbons (Fsp3) is 0. The van der Waals surface area contributed by atoms with E-state index < -0.39 is 133 Å². The number of allylic oxidation sites excluding steroid dienone is 8. The fourth-order valence-corrected chi connectivity index (χ4v) is 5.01. The Morgan fingerprint density at radius 1 is 0.297 bits per heavy atom. The van der Waals surface area contributed by atoms with Crippen LogP contribution in [0.25, 0.3) is 0 Å². The third kappa shape index (κ3) is 19.4. The average Bonchev–Trinajstić information content (AvgIpc) is 4.25. The molecular weight excluding hydrogens is 1250 g/mol. The number of rotatable bonds is 0. The Hall–Kier alpha value is -7.12. The average molecular weight is 1270 g/mol. The van der Waals surface area contributed by atoms with Crippen molar-refractivity contribution in [2.24, 2.45) is 0 Å². The van der Waals surface area contributed by atoms with E-state index in [1.807, 2.05) is 0 Å². The molecule has 0 unspecified atom stereocenters. The normalized spacial score (nSPS) is 15.2. The fourth-order valence-electron chi connectivity index (χ4n) is 3.64. The number of ketones is 8. The molecule has 29 nitrogen and oxygen atoms in total. The van der Waals surface area contributed by atoms with Gasteiger partial charge in [0, 0.05) is 0 Å². The van der Waals surface area contributed by atoms with Crippen LogP contribution in [0.5, 0.6) is 0 Å². The first-order chi connectivity index (χ1) is 33.4. The first-order valence-electron chi connectivity index (χ1n) is 17.6. The molecule has 4 aromatic heterocycles. The summed E-state index contributed by atoms with van der Waals surface area (Å²) in [7, 11) is 0. The molecule has 4 aliphatic carbocycles. The zero-order valence-electron chi connectivity index (χ0n) is 35.5. The Morgan fingerprint density at radius 2 is 0.405 bits per heavy atom. The second-order valence-electron chi connectivity index (χ2n) is 11.9. The van der Waals surface area contributed by atoms with Gasteiger partial charge in [-0.05, 0) is 0 Å². The molecule has 0 saturated carbocycles. The van der Waals surface area contributed by atoms with Gasteiger partial charge in [-0.2, -0.15) is 0 Å². The molecule has 0 radical (unpaired) electrons. The predicted molar refractivity (Wildman–Crippen MR) is 234 cm³/mol. The van der Waals surface area contributed by atoms with E-state index in [1.165, 1.54) is 0 Å². The Kier molecular flexibility index (Phi) is 30.0. The number of H-pyrrole nitrogens is 8. The van der Waals surface area contributed by atoms with Crippen LogP contribution in [-0.4, -0.2) is 71.7 Å². The summed E-state index contributed by atoms with van der Waals surface area (Å²) in [5.74, 6) is -17.3. The number of aromatic nitrogens is 8. The van der Waals surface area contributed by atoms with E-state index in [0.29, 0.717) is 23.8 Å². The Labute approximate surface area is 469 Å². The van der Waals surface area contributed by atoms with Crippen molar-refractivity contribution in [3.05, 3.63) is 136 Å². The van der Waals surface area contributed by atoms with Crippen LogP contribution in [0.2, 0.25) is 0 Å². The number of halogens is 8. The molecule has 0 amide bonds.